The first-order valence-corrected chi connectivity index (χ1v) is 31.6. The highest BCUT2D eigenvalue weighted by Crippen LogP contribution is 2.41. The lowest BCUT2D eigenvalue weighted by Crippen LogP contribution is -2.19. The molecule has 0 fully saturated rings. The van der Waals surface area contributed by atoms with Crippen molar-refractivity contribution in [3.8, 4) is 22.3 Å². The molecule has 2 amide bonds. The van der Waals surface area contributed by atoms with Crippen molar-refractivity contribution in [3.05, 3.63) is 229 Å². The molecule has 0 radical (unpaired) electrons. The predicted octanol–water partition coefficient (Wildman–Crippen LogP) is 11.0. The second-order valence-corrected chi connectivity index (χ2v) is 23.9. The second kappa shape index (κ2) is 33.1. The van der Waals surface area contributed by atoms with Gasteiger partial charge in [-0.15, -0.1) is 0 Å². The normalized spacial score (nSPS) is 13.5. The molecule has 0 aliphatic heterocycles. The molecule has 37 heteroatoms. The van der Waals surface area contributed by atoms with Crippen molar-refractivity contribution in [2.45, 2.75) is 115 Å². The number of aromatic nitrogens is 8. The van der Waals surface area contributed by atoms with Crippen LogP contribution in [-0.4, -0.2) is 103 Å². The summed E-state index contributed by atoms with van der Waals surface area (Å²) in [5.41, 5.74) is 14.1. The summed E-state index contributed by atoms with van der Waals surface area (Å²) in [6.45, 7) is 0.0406. The van der Waals surface area contributed by atoms with Crippen LogP contribution >= 0.6 is 0 Å². The first kappa shape index (κ1) is 80.9. The summed E-state index contributed by atoms with van der Waals surface area (Å²) < 4.78 is 207. The Balaban J connectivity index is 0.000000193. The average molecular weight is 1510 g/mol. The van der Waals surface area contributed by atoms with Gasteiger partial charge in [0.1, 0.15) is 48.0 Å². The van der Waals surface area contributed by atoms with E-state index in [4.69, 9.17) is 22.3 Å². The number of carbonyl (C=O) groups is 8. The number of alkyl halides is 9. The molecule has 0 saturated carbocycles. The standard InChI is InChI=1S/C30H22F6N4O3.C20H16F3N3O.C11H11F3N2O3.C9H7F3N2O3.H2O/c31-18-9-15(10-19(32)13-18)8-17(27-21(2-1-7-38-27)16-3-4-23(33)22(12-16)29(37)43)11-20(41)14-40-24-5-6-25(42)26(24)28(39-40)30(34,35)36;21-13-6-11(7-14(22)10-13)8-18(24)19-15(2-1-5-26-19)12-3-4-17(23)16(9-12)20(25)27;1-2-19-8(18)5-16-6-3-4-7(17)9(6)10(15-16)11(12,13)14;10-9(11,12)8-7-4(1-2-5(7)15)14(13-8)3-6(16)17;/h1-4,7,9-10,12-13,17H,5-6,8,11,14H2,(H2,37,43);1-7,9-10,18H,8,24H2,(H2,25,27);2-5H2,1H3;1-3H2,(H,16,17);1H2/t17-;18-;;;/m10.../s1. The highest BCUT2D eigenvalue weighted by Gasteiger charge is 2.46. The second-order valence-electron chi connectivity index (χ2n) is 23.9. The number of hydrogen-bond acceptors (Lipinski definition) is 15. The third kappa shape index (κ3) is 19.2. The summed E-state index contributed by atoms with van der Waals surface area (Å²) in [6, 6.07) is 19.4. The average Bonchev–Trinajstić information content (AvgIpc) is 1.65. The maximum absolute atomic E-state index is 14.2. The number of amides is 2. The predicted molar refractivity (Wildman–Crippen MR) is 343 cm³/mol. The van der Waals surface area contributed by atoms with E-state index in [0.29, 0.717) is 39.6 Å². The van der Waals surface area contributed by atoms with Crippen molar-refractivity contribution in [2.75, 3.05) is 6.61 Å². The van der Waals surface area contributed by atoms with Crippen molar-refractivity contribution in [2.24, 2.45) is 17.2 Å². The lowest BCUT2D eigenvalue weighted by molar-refractivity contribution is -0.146. The smallest absolute Gasteiger partial charge is 0.435 e. The third-order valence-corrected chi connectivity index (χ3v) is 16.5. The van der Waals surface area contributed by atoms with E-state index in [1.54, 1.807) is 31.2 Å². The van der Waals surface area contributed by atoms with Gasteiger partial charge in [0.15, 0.2) is 40.2 Å². The number of rotatable bonds is 19. The number of primary amides is 2. The maximum atomic E-state index is 14.2. The Kier molecular flexibility index (Phi) is 25.1. The topological polar surface area (TPSA) is 355 Å². The molecule has 4 aromatic carbocycles. The van der Waals surface area contributed by atoms with E-state index in [-0.39, 0.29) is 104 Å². The van der Waals surface area contributed by atoms with Crippen molar-refractivity contribution >= 4 is 46.9 Å². The zero-order valence-electron chi connectivity index (χ0n) is 55.3. The van der Waals surface area contributed by atoms with Gasteiger partial charge in [-0.2, -0.15) is 54.8 Å². The summed E-state index contributed by atoms with van der Waals surface area (Å²) in [5.74, 6) is -12.0. The SMILES string of the molecule is CCOC(=O)Cn1nc(C(F)(F)F)c2c1CCC2=O.NC(=O)c1cc(-c2cccnc2[C@@H](CC(=O)Cn2nc(C(F)(F)F)c3c2CCC3=O)Cc2cc(F)cc(F)c2)ccc1F.NC(=O)c1cc(-c2cccnc2[C@@H](N)Cc2cc(F)cc(F)c2)ccc1F.O.O=C(O)Cn1nc(C(F)(F)F)c2c1CCC2=O. The number of benzene rings is 4. The van der Waals surface area contributed by atoms with E-state index in [0.717, 1.165) is 44.4 Å². The molecule has 12 rings (SSSR count). The summed E-state index contributed by atoms with van der Waals surface area (Å²) in [4.78, 5) is 102. The number of pyridine rings is 2. The lowest BCUT2D eigenvalue weighted by Gasteiger charge is -2.20. The Bertz CT molecular complexity index is 4910. The van der Waals surface area contributed by atoms with Gasteiger partial charge in [-0.25, -0.2) is 26.3 Å². The van der Waals surface area contributed by atoms with E-state index >= 15 is 0 Å². The highest BCUT2D eigenvalue weighted by atomic mass is 19.4. The number of esters is 1. The molecular formula is C70H58F15N11O11. The molecule has 3 aliphatic carbocycles. The molecule has 3 aliphatic rings. The quantitative estimate of drug-likeness (QED) is 0.0432. The summed E-state index contributed by atoms with van der Waals surface area (Å²) >= 11 is 0. The summed E-state index contributed by atoms with van der Waals surface area (Å²) in [5, 5.41) is 18.6. The monoisotopic (exact) mass is 1510 g/mol. The van der Waals surface area contributed by atoms with Gasteiger partial charge in [0, 0.05) is 67.3 Å². The molecule has 0 bridgehead atoms. The molecule has 22 nitrogen and oxygen atoms in total. The maximum Gasteiger partial charge on any atom is 0.435 e. The number of carbonyl (C=O) groups excluding carboxylic acids is 7. The highest BCUT2D eigenvalue weighted by molar-refractivity contribution is 6.03. The number of nitrogens with zero attached hydrogens (tertiary/aromatic N) is 8. The van der Waals surface area contributed by atoms with Gasteiger partial charge >= 0.3 is 30.5 Å². The summed E-state index contributed by atoms with van der Waals surface area (Å²) in [7, 11) is 0. The molecule has 2 atom stereocenters. The number of carboxylic acid groups (broad SMARTS) is 1. The Morgan fingerprint density at radius 2 is 0.888 bits per heavy atom. The van der Waals surface area contributed by atoms with E-state index in [1.807, 2.05) is 0 Å². The lowest BCUT2D eigenvalue weighted by atomic mass is 9.86. The van der Waals surface area contributed by atoms with Gasteiger partial charge in [0.05, 0.1) is 75.5 Å². The number of fused-ring (bicyclic) bond motifs is 3. The number of ether oxygens (including phenoxy) is 1. The van der Waals surface area contributed by atoms with Gasteiger partial charge in [0.2, 0.25) is 0 Å². The van der Waals surface area contributed by atoms with Crippen molar-refractivity contribution in [1.82, 2.24) is 39.3 Å². The Morgan fingerprint density at radius 3 is 1.27 bits per heavy atom. The molecule has 5 heterocycles. The fourth-order valence-corrected chi connectivity index (χ4v) is 12.2. The number of aliphatic carboxylic acids is 1. The van der Waals surface area contributed by atoms with Crippen molar-refractivity contribution < 1.29 is 120 Å². The van der Waals surface area contributed by atoms with Crippen LogP contribution in [0, 0.1) is 34.9 Å². The minimum Gasteiger partial charge on any atom is -0.480 e. The van der Waals surface area contributed by atoms with Crippen LogP contribution in [0.4, 0.5) is 65.9 Å². The van der Waals surface area contributed by atoms with Crippen LogP contribution in [-0.2, 0) is 89.4 Å². The number of ketones is 4. The molecule has 5 aromatic heterocycles. The molecular weight excluding hydrogens is 1460 g/mol. The minimum atomic E-state index is -4.90. The fraction of sp³-hybridized carbons (Fsp3) is 0.271. The minimum absolute atomic E-state index is 0. The first-order chi connectivity index (χ1) is 49.8. The molecule has 564 valence electrons. The van der Waals surface area contributed by atoms with Gasteiger partial charge in [-0.1, -0.05) is 24.3 Å². The number of hydrogen-bond donors (Lipinski definition) is 4. The Hall–Kier alpha value is -11.8. The van der Waals surface area contributed by atoms with Crippen molar-refractivity contribution in [1.29, 1.82) is 0 Å². The van der Waals surface area contributed by atoms with E-state index < -0.39 is 171 Å². The zero-order chi connectivity index (χ0) is 77.6. The van der Waals surface area contributed by atoms with E-state index in [1.165, 1.54) is 48.8 Å². The molecule has 0 saturated heterocycles. The van der Waals surface area contributed by atoms with Crippen LogP contribution in [0.5, 0.6) is 0 Å². The van der Waals surface area contributed by atoms with Gasteiger partial charge in [0.25, 0.3) is 11.8 Å². The van der Waals surface area contributed by atoms with Crippen LogP contribution in [0.25, 0.3) is 22.3 Å². The molecule has 0 unspecified atom stereocenters. The number of nitrogens with two attached hydrogens (primary N) is 3. The molecule has 0 spiro atoms. The first-order valence-electron chi connectivity index (χ1n) is 31.6. The fourth-order valence-electron chi connectivity index (χ4n) is 12.2. The molecule has 9 N–H and O–H groups in total. The van der Waals surface area contributed by atoms with E-state index in [2.05, 4.69) is 30.0 Å². The number of carboxylic acids is 1. The van der Waals surface area contributed by atoms with Gasteiger partial charge in [-0.05, 0) is 122 Å². The Labute approximate surface area is 593 Å². The van der Waals surface area contributed by atoms with Crippen LogP contribution < -0.4 is 17.2 Å². The van der Waals surface area contributed by atoms with Gasteiger partial charge < -0.3 is 32.5 Å². The molecule has 107 heavy (non-hydrogen) atoms. The van der Waals surface area contributed by atoms with Crippen LogP contribution in [0.15, 0.2) is 109 Å². The third-order valence-electron chi connectivity index (χ3n) is 16.5. The van der Waals surface area contributed by atoms with Crippen molar-refractivity contribution in [3.63, 3.8) is 0 Å². The number of halogens is 15. The van der Waals surface area contributed by atoms with E-state index in [9.17, 15) is 104 Å². The number of Topliss-reactive ketones (excluding diaryl/α,β-unsaturated/α-hetero) is 4. The largest absolute Gasteiger partial charge is 0.480 e. The van der Waals surface area contributed by atoms with Gasteiger partial charge in [-0.3, -0.25) is 62.4 Å². The molecule has 9 aromatic rings. The van der Waals surface area contributed by atoms with Crippen LogP contribution in [0.2, 0.25) is 0 Å². The zero-order valence-corrected chi connectivity index (χ0v) is 55.3. The summed E-state index contributed by atoms with van der Waals surface area (Å²) in [6.07, 6.45) is -11.6. The Morgan fingerprint density at radius 1 is 0.514 bits per heavy atom. The van der Waals surface area contributed by atoms with Crippen LogP contribution in [0.3, 0.4) is 0 Å². The van der Waals surface area contributed by atoms with Crippen LogP contribution in [0.1, 0.15) is 153 Å².